The van der Waals surface area contributed by atoms with Crippen LogP contribution < -0.4 is 15.6 Å². The Morgan fingerprint density at radius 3 is 2.78 bits per heavy atom. The van der Waals surface area contributed by atoms with Crippen molar-refractivity contribution in [3.05, 3.63) is 57.2 Å². The number of hydrogen-bond acceptors (Lipinski definition) is 6. The van der Waals surface area contributed by atoms with Gasteiger partial charge in [0.05, 0.1) is 9.95 Å². The molecule has 0 unspecified atom stereocenters. The van der Waals surface area contributed by atoms with Gasteiger partial charge in [-0.3, -0.25) is 20.3 Å². The number of nitro groups is 1. The molecule has 0 spiro atoms. The van der Waals surface area contributed by atoms with E-state index < -0.39 is 4.92 Å². The fourth-order valence-corrected chi connectivity index (χ4v) is 1.86. The molecule has 0 atom stereocenters. The van der Waals surface area contributed by atoms with E-state index in [0.29, 0.717) is 22.2 Å². The molecular formula is C14H13ClN4O4. The molecule has 0 fully saturated rings. The topological polar surface area (TPSA) is 106 Å². The maximum Gasteiger partial charge on any atom is 0.274 e. The Balaban J connectivity index is 2.19. The second-order valence-electron chi connectivity index (χ2n) is 4.50. The van der Waals surface area contributed by atoms with Crippen molar-refractivity contribution in [3.63, 3.8) is 0 Å². The van der Waals surface area contributed by atoms with Crippen LogP contribution in [0.15, 0.2) is 36.5 Å². The van der Waals surface area contributed by atoms with Crippen molar-refractivity contribution in [1.82, 2.24) is 15.8 Å². The summed E-state index contributed by atoms with van der Waals surface area (Å²) in [4.78, 5) is 25.4. The average molecular weight is 337 g/mol. The molecule has 8 nitrogen and oxygen atoms in total. The Hall–Kier alpha value is -2.71. The fourth-order valence-electron chi connectivity index (χ4n) is 1.75. The van der Waals surface area contributed by atoms with Gasteiger partial charge < -0.3 is 4.74 Å². The molecule has 2 N–H and O–H groups in total. The maximum atomic E-state index is 11.0. The molecule has 0 aliphatic rings. The molecule has 0 aliphatic heterocycles. The van der Waals surface area contributed by atoms with Crippen molar-refractivity contribution >= 4 is 23.2 Å². The Labute approximate surface area is 136 Å². The molecule has 0 aliphatic carbocycles. The molecule has 2 aromatic rings. The number of nitrogens with zero attached hydrogens (tertiary/aromatic N) is 2. The molecular weight excluding hydrogens is 324 g/mol. The number of pyridine rings is 1. The van der Waals surface area contributed by atoms with Gasteiger partial charge in [0, 0.05) is 37.4 Å². The van der Waals surface area contributed by atoms with Gasteiger partial charge >= 0.3 is 0 Å². The molecule has 0 bridgehead atoms. The summed E-state index contributed by atoms with van der Waals surface area (Å²) in [5.74, 6) is 0.388. The van der Waals surface area contributed by atoms with Crippen LogP contribution in [0.4, 0.5) is 5.69 Å². The fraction of sp³-hybridized carbons (Fsp3) is 0.143. The van der Waals surface area contributed by atoms with E-state index in [4.69, 9.17) is 16.3 Å². The molecule has 0 saturated carbocycles. The van der Waals surface area contributed by atoms with Gasteiger partial charge in [0.1, 0.15) is 5.75 Å². The minimum Gasteiger partial charge on any atom is -0.439 e. The first-order valence-electron chi connectivity index (χ1n) is 6.52. The first-order chi connectivity index (χ1) is 11.0. The van der Waals surface area contributed by atoms with Crippen molar-refractivity contribution in [3.8, 4) is 11.6 Å². The molecule has 9 heteroatoms. The number of ether oxygens (including phenoxy) is 1. The van der Waals surface area contributed by atoms with Crippen LogP contribution in [0.3, 0.4) is 0 Å². The zero-order valence-corrected chi connectivity index (χ0v) is 12.8. The van der Waals surface area contributed by atoms with E-state index in [2.05, 4.69) is 15.8 Å². The number of aromatic nitrogens is 1. The normalized spacial score (nSPS) is 10.2. The van der Waals surface area contributed by atoms with Gasteiger partial charge in [0.25, 0.3) is 5.69 Å². The Morgan fingerprint density at radius 2 is 2.17 bits per heavy atom. The van der Waals surface area contributed by atoms with Gasteiger partial charge in [-0.15, -0.1) is 0 Å². The summed E-state index contributed by atoms with van der Waals surface area (Å²) in [5, 5.41) is 11.5. The minimum atomic E-state index is -0.505. The lowest BCUT2D eigenvalue weighted by Crippen LogP contribution is -2.35. The molecule has 1 aromatic carbocycles. The first kappa shape index (κ1) is 16.7. The number of hydrogen-bond donors (Lipinski definition) is 2. The zero-order chi connectivity index (χ0) is 16.8. The lowest BCUT2D eigenvalue weighted by Gasteiger charge is -2.09. The predicted octanol–water partition coefficient (Wildman–Crippen LogP) is 2.58. The summed E-state index contributed by atoms with van der Waals surface area (Å²) >= 11 is 5.74. The zero-order valence-electron chi connectivity index (χ0n) is 12.1. The van der Waals surface area contributed by atoms with Crippen molar-refractivity contribution in [2.24, 2.45) is 0 Å². The van der Waals surface area contributed by atoms with Crippen molar-refractivity contribution in [2.75, 3.05) is 0 Å². The van der Waals surface area contributed by atoms with Crippen molar-refractivity contribution in [2.45, 2.75) is 13.5 Å². The van der Waals surface area contributed by atoms with Crippen molar-refractivity contribution < 1.29 is 14.5 Å². The Bertz CT molecular complexity index is 721. The predicted molar refractivity (Wildman–Crippen MR) is 83.1 cm³/mol. The van der Waals surface area contributed by atoms with E-state index in [1.807, 2.05) is 0 Å². The summed E-state index contributed by atoms with van der Waals surface area (Å²) < 4.78 is 5.53. The molecule has 0 saturated heterocycles. The number of halogens is 1. The summed E-state index contributed by atoms with van der Waals surface area (Å²) in [5.41, 5.74) is 5.23. The minimum absolute atomic E-state index is 0.0706. The highest BCUT2D eigenvalue weighted by Crippen LogP contribution is 2.27. The number of nitro benzene ring substituents is 1. The highest BCUT2D eigenvalue weighted by Gasteiger charge is 2.15. The second-order valence-corrected chi connectivity index (χ2v) is 4.94. The van der Waals surface area contributed by atoms with E-state index in [1.165, 1.54) is 31.3 Å². The SMILES string of the molecule is CC(=O)NNCc1cc(Oc2ccc(Cl)cn2)ccc1[N+](=O)[O-]. The van der Waals surface area contributed by atoms with Gasteiger partial charge in [0.2, 0.25) is 11.8 Å². The molecule has 0 radical (unpaired) electrons. The molecule has 2 rings (SSSR count). The maximum absolute atomic E-state index is 11.0. The summed E-state index contributed by atoms with van der Waals surface area (Å²) in [7, 11) is 0. The van der Waals surface area contributed by atoms with E-state index in [1.54, 1.807) is 12.1 Å². The van der Waals surface area contributed by atoms with Gasteiger partial charge in [0.15, 0.2) is 0 Å². The van der Waals surface area contributed by atoms with Crippen LogP contribution in [0.1, 0.15) is 12.5 Å². The number of carbonyl (C=O) groups excluding carboxylic acids is 1. The second kappa shape index (κ2) is 7.52. The van der Waals surface area contributed by atoms with E-state index in [0.717, 1.165) is 0 Å². The average Bonchev–Trinajstić information content (AvgIpc) is 2.49. The quantitative estimate of drug-likeness (QED) is 0.620. The van der Waals surface area contributed by atoms with Crippen LogP contribution in [-0.4, -0.2) is 15.8 Å². The third-order valence-corrected chi connectivity index (χ3v) is 2.94. The number of carbonyl (C=O) groups is 1. The monoisotopic (exact) mass is 336 g/mol. The largest absolute Gasteiger partial charge is 0.439 e. The smallest absolute Gasteiger partial charge is 0.274 e. The van der Waals surface area contributed by atoms with E-state index in [9.17, 15) is 14.9 Å². The van der Waals surface area contributed by atoms with Crippen LogP contribution in [0.25, 0.3) is 0 Å². The number of amides is 1. The summed E-state index contributed by atoms with van der Waals surface area (Å²) in [6.45, 7) is 1.40. The summed E-state index contributed by atoms with van der Waals surface area (Å²) in [6, 6.07) is 7.50. The molecule has 1 heterocycles. The van der Waals surface area contributed by atoms with Gasteiger partial charge in [-0.25, -0.2) is 10.4 Å². The lowest BCUT2D eigenvalue weighted by atomic mass is 10.1. The van der Waals surface area contributed by atoms with Crippen LogP contribution in [-0.2, 0) is 11.3 Å². The van der Waals surface area contributed by atoms with Crippen LogP contribution in [0, 0.1) is 10.1 Å². The van der Waals surface area contributed by atoms with E-state index in [-0.39, 0.29) is 18.1 Å². The molecule has 120 valence electrons. The number of hydrazine groups is 1. The number of rotatable bonds is 6. The molecule has 1 amide bonds. The standard InChI is InChI=1S/C14H13ClN4O4/c1-9(20)18-17-7-10-6-12(3-4-13(10)19(21)22)23-14-5-2-11(15)8-16-14/h2-6,8,17H,7H2,1H3,(H,18,20). The van der Waals surface area contributed by atoms with Crippen molar-refractivity contribution in [1.29, 1.82) is 0 Å². The number of benzene rings is 1. The van der Waals surface area contributed by atoms with Gasteiger partial charge in [-0.1, -0.05) is 11.6 Å². The number of nitrogens with one attached hydrogen (secondary N) is 2. The lowest BCUT2D eigenvalue weighted by molar-refractivity contribution is -0.385. The van der Waals surface area contributed by atoms with Gasteiger partial charge in [-0.2, -0.15) is 0 Å². The molecule has 23 heavy (non-hydrogen) atoms. The van der Waals surface area contributed by atoms with Crippen LogP contribution >= 0.6 is 11.6 Å². The highest BCUT2D eigenvalue weighted by molar-refractivity contribution is 6.30. The first-order valence-corrected chi connectivity index (χ1v) is 6.89. The summed E-state index contributed by atoms with van der Waals surface area (Å²) in [6.07, 6.45) is 1.43. The Morgan fingerprint density at radius 1 is 1.39 bits per heavy atom. The third kappa shape index (κ3) is 4.90. The Kier molecular flexibility index (Phi) is 5.45. The third-order valence-electron chi connectivity index (χ3n) is 2.71. The van der Waals surface area contributed by atoms with Gasteiger partial charge in [-0.05, 0) is 18.2 Å². The van der Waals surface area contributed by atoms with Crippen LogP contribution in [0.5, 0.6) is 11.6 Å². The highest BCUT2D eigenvalue weighted by atomic mass is 35.5. The van der Waals surface area contributed by atoms with Crippen LogP contribution in [0.2, 0.25) is 5.02 Å². The van der Waals surface area contributed by atoms with E-state index >= 15 is 0 Å². The molecule has 1 aromatic heterocycles.